The highest BCUT2D eigenvalue weighted by Crippen LogP contribution is 2.31. The summed E-state index contributed by atoms with van der Waals surface area (Å²) in [5.41, 5.74) is 1.29. The first-order chi connectivity index (χ1) is 7.31. The smallest absolute Gasteiger partial charge is 0.0969 e. The van der Waals surface area contributed by atoms with Crippen molar-refractivity contribution in [2.45, 2.75) is 25.2 Å². The van der Waals surface area contributed by atoms with Crippen molar-refractivity contribution in [1.82, 2.24) is 4.90 Å². The van der Waals surface area contributed by atoms with Crippen LogP contribution in [0.4, 0.5) is 0 Å². The average Bonchev–Trinajstić information content (AvgIpc) is 2.96. The molecular weight excluding hydrogens is 210 g/mol. The van der Waals surface area contributed by atoms with E-state index in [2.05, 4.69) is 11.0 Å². The van der Waals surface area contributed by atoms with E-state index >= 15 is 0 Å². The molecule has 2 atom stereocenters. The van der Waals surface area contributed by atoms with Crippen LogP contribution in [0.15, 0.2) is 24.3 Å². The van der Waals surface area contributed by atoms with Gasteiger partial charge in [0.2, 0.25) is 0 Å². The van der Waals surface area contributed by atoms with Gasteiger partial charge in [0, 0.05) is 24.7 Å². The standard InChI is InChI=1S/C12H14ClNO/c13-10-3-1-2-9(6-10)7-14-5-4-11-12(8-14)15-11/h1-3,6,11-12H,4-5,7-8H2/t11-,12-/m0/s1. The van der Waals surface area contributed by atoms with Gasteiger partial charge in [-0.1, -0.05) is 23.7 Å². The second-order valence-electron chi connectivity index (χ2n) is 4.37. The summed E-state index contributed by atoms with van der Waals surface area (Å²) in [4.78, 5) is 2.44. The van der Waals surface area contributed by atoms with Gasteiger partial charge in [-0.05, 0) is 24.1 Å². The van der Waals surface area contributed by atoms with Crippen LogP contribution in [0.1, 0.15) is 12.0 Å². The van der Waals surface area contributed by atoms with Crippen molar-refractivity contribution in [2.75, 3.05) is 13.1 Å². The third kappa shape index (κ3) is 2.17. The number of ether oxygens (including phenoxy) is 1. The zero-order valence-corrected chi connectivity index (χ0v) is 9.28. The molecule has 0 radical (unpaired) electrons. The van der Waals surface area contributed by atoms with E-state index in [-0.39, 0.29) is 0 Å². The maximum atomic E-state index is 5.96. The average molecular weight is 224 g/mol. The summed E-state index contributed by atoms with van der Waals surface area (Å²) in [6.07, 6.45) is 2.27. The van der Waals surface area contributed by atoms with Crippen molar-refractivity contribution in [2.24, 2.45) is 0 Å². The highest BCUT2D eigenvalue weighted by atomic mass is 35.5. The molecule has 2 heterocycles. The molecular formula is C12H14ClNO. The van der Waals surface area contributed by atoms with Gasteiger partial charge in [0.1, 0.15) is 0 Å². The van der Waals surface area contributed by atoms with Crippen molar-refractivity contribution < 1.29 is 4.74 Å². The van der Waals surface area contributed by atoms with E-state index in [1.165, 1.54) is 12.0 Å². The first-order valence-electron chi connectivity index (χ1n) is 5.43. The highest BCUT2D eigenvalue weighted by molar-refractivity contribution is 6.30. The number of rotatable bonds is 2. The second-order valence-corrected chi connectivity index (χ2v) is 4.80. The molecule has 2 aliphatic rings. The highest BCUT2D eigenvalue weighted by Gasteiger charge is 2.42. The van der Waals surface area contributed by atoms with Gasteiger partial charge in [-0.3, -0.25) is 4.90 Å². The summed E-state index contributed by atoms with van der Waals surface area (Å²) < 4.78 is 5.50. The minimum Gasteiger partial charge on any atom is -0.368 e. The number of hydrogen-bond donors (Lipinski definition) is 0. The lowest BCUT2D eigenvalue weighted by molar-refractivity contribution is 0.237. The van der Waals surface area contributed by atoms with E-state index in [4.69, 9.17) is 16.3 Å². The molecule has 0 bridgehead atoms. The summed E-state index contributed by atoms with van der Waals surface area (Å²) in [6, 6.07) is 8.10. The monoisotopic (exact) mass is 223 g/mol. The van der Waals surface area contributed by atoms with Gasteiger partial charge >= 0.3 is 0 Å². The lowest BCUT2D eigenvalue weighted by atomic mass is 10.1. The molecule has 2 aliphatic heterocycles. The molecule has 3 heteroatoms. The van der Waals surface area contributed by atoms with Crippen LogP contribution < -0.4 is 0 Å². The summed E-state index contributed by atoms with van der Waals surface area (Å²) in [5, 5.41) is 0.824. The molecule has 0 saturated carbocycles. The Morgan fingerprint density at radius 3 is 3.13 bits per heavy atom. The molecule has 3 rings (SSSR count). The Bertz CT molecular complexity index is 368. The van der Waals surface area contributed by atoms with Gasteiger partial charge in [0.25, 0.3) is 0 Å². The van der Waals surface area contributed by atoms with Crippen molar-refractivity contribution in [3.05, 3.63) is 34.9 Å². The third-order valence-electron chi connectivity index (χ3n) is 3.15. The fraction of sp³-hybridized carbons (Fsp3) is 0.500. The molecule has 1 aromatic carbocycles. The predicted octanol–water partition coefficient (Wildman–Crippen LogP) is 2.31. The fourth-order valence-electron chi connectivity index (χ4n) is 2.29. The summed E-state index contributed by atoms with van der Waals surface area (Å²) in [5.74, 6) is 0. The molecule has 0 aromatic heterocycles. The zero-order chi connectivity index (χ0) is 10.3. The minimum absolute atomic E-state index is 0.512. The van der Waals surface area contributed by atoms with Crippen molar-refractivity contribution in [3.8, 4) is 0 Å². The molecule has 0 amide bonds. The number of hydrogen-bond acceptors (Lipinski definition) is 2. The Kier molecular flexibility index (Phi) is 2.43. The lowest BCUT2D eigenvalue weighted by Crippen LogP contribution is -2.33. The maximum Gasteiger partial charge on any atom is 0.0969 e. The number of likely N-dealkylation sites (tertiary alicyclic amines) is 1. The van der Waals surface area contributed by atoms with E-state index < -0.39 is 0 Å². The fourth-order valence-corrected chi connectivity index (χ4v) is 2.50. The molecule has 1 aromatic rings. The van der Waals surface area contributed by atoms with E-state index in [0.29, 0.717) is 12.2 Å². The predicted molar refractivity (Wildman–Crippen MR) is 60.0 cm³/mol. The molecule has 0 unspecified atom stereocenters. The van der Waals surface area contributed by atoms with Crippen LogP contribution in [-0.4, -0.2) is 30.2 Å². The van der Waals surface area contributed by atoms with Gasteiger partial charge < -0.3 is 4.74 Å². The Balaban J connectivity index is 1.64. The van der Waals surface area contributed by atoms with Gasteiger partial charge in [-0.25, -0.2) is 0 Å². The van der Waals surface area contributed by atoms with Crippen molar-refractivity contribution in [3.63, 3.8) is 0 Å². The number of fused-ring (bicyclic) bond motifs is 1. The zero-order valence-electron chi connectivity index (χ0n) is 8.53. The van der Waals surface area contributed by atoms with Gasteiger partial charge in [0.15, 0.2) is 0 Å². The van der Waals surface area contributed by atoms with E-state index in [9.17, 15) is 0 Å². The van der Waals surface area contributed by atoms with Crippen LogP contribution >= 0.6 is 11.6 Å². The maximum absolute atomic E-state index is 5.96. The minimum atomic E-state index is 0.512. The van der Waals surface area contributed by atoms with E-state index in [1.807, 2.05) is 18.2 Å². The summed E-state index contributed by atoms with van der Waals surface area (Å²) in [6.45, 7) is 3.22. The largest absolute Gasteiger partial charge is 0.368 e. The quantitative estimate of drug-likeness (QED) is 0.716. The first-order valence-corrected chi connectivity index (χ1v) is 5.81. The summed E-state index contributed by atoms with van der Waals surface area (Å²) >= 11 is 5.96. The molecule has 0 N–H and O–H groups in total. The van der Waals surface area contributed by atoms with Crippen LogP contribution in [0.5, 0.6) is 0 Å². The SMILES string of the molecule is Clc1cccc(CN2CC[C@@H]3O[C@H]3C2)c1. The Morgan fingerprint density at radius 2 is 2.33 bits per heavy atom. The Morgan fingerprint density at radius 1 is 1.40 bits per heavy atom. The third-order valence-corrected chi connectivity index (χ3v) is 3.39. The molecule has 0 spiro atoms. The van der Waals surface area contributed by atoms with Crippen LogP contribution in [0.25, 0.3) is 0 Å². The molecule has 15 heavy (non-hydrogen) atoms. The van der Waals surface area contributed by atoms with E-state index in [0.717, 1.165) is 24.7 Å². The Hall–Kier alpha value is -0.570. The van der Waals surface area contributed by atoms with Gasteiger partial charge in [0.05, 0.1) is 12.2 Å². The molecule has 2 nitrogen and oxygen atoms in total. The first kappa shape index (κ1) is 9.64. The van der Waals surface area contributed by atoms with Crippen LogP contribution in [0, 0.1) is 0 Å². The normalized spacial score (nSPS) is 29.9. The summed E-state index contributed by atoms with van der Waals surface area (Å²) in [7, 11) is 0. The second kappa shape index (κ2) is 3.78. The Labute approximate surface area is 94.8 Å². The number of piperidine rings is 1. The number of halogens is 1. The topological polar surface area (TPSA) is 15.8 Å². The van der Waals surface area contributed by atoms with Crippen LogP contribution in [0.3, 0.4) is 0 Å². The van der Waals surface area contributed by atoms with Crippen LogP contribution in [0.2, 0.25) is 5.02 Å². The van der Waals surface area contributed by atoms with Crippen molar-refractivity contribution >= 4 is 11.6 Å². The number of epoxide rings is 1. The van der Waals surface area contributed by atoms with E-state index in [1.54, 1.807) is 0 Å². The molecule has 2 fully saturated rings. The molecule has 0 aliphatic carbocycles. The molecule has 2 saturated heterocycles. The number of nitrogens with zero attached hydrogens (tertiary/aromatic N) is 1. The van der Waals surface area contributed by atoms with Crippen LogP contribution in [-0.2, 0) is 11.3 Å². The molecule has 80 valence electrons. The van der Waals surface area contributed by atoms with Crippen molar-refractivity contribution in [1.29, 1.82) is 0 Å². The van der Waals surface area contributed by atoms with Gasteiger partial charge in [-0.2, -0.15) is 0 Å². The number of benzene rings is 1. The van der Waals surface area contributed by atoms with Gasteiger partial charge in [-0.15, -0.1) is 0 Å². The lowest BCUT2D eigenvalue weighted by Gasteiger charge is -2.24.